The highest BCUT2D eigenvalue weighted by Gasteiger charge is 2.36. The summed E-state index contributed by atoms with van der Waals surface area (Å²) in [5.74, 6) is 0. The summed E-state index contributed by atoms with van der Waals surface area (Å²) in [4.78, 5) is 0. The van der Waals surface area contributed by atoms with E-state index in [1.807, 2.05) is 12.1 Å². The third kappa shape index (κ3) is 1.53. The van der Waals surface area contributed by atoms with Gasteiger partial charge in [-0.2, -0.15) is 0 Å². The van der Waals surface area contributed by atoms with E-state index >= 15 is 0 Å². The first-order valence-corrected chi connectivity index (χ1v) is 5.40. The van der Waals surface area contributed by atoms with Gasteiger partial charge in [0.15, 0.2) is 0 Å². The average Bonchev–Trinajstić information content (AvgIpc) is 2.06. The van der Waals surface area contributed by atoms with E-state index < -0.39 is 5.60 Å². The fourth-order valence-corrected chi connectivity index (χ4v) is 1.98. The van der Waals surface area contributed by atoms with Gasteiger partial charge in [0.25, 0.3) is 0 Å². The first kappa shape index (κ1) is 9.22. The molecule has 1 aromatic carbocycles. The maximum Gasteiger partial charge on any atom is 0.0896 e. The summed E-state index contributed by atoms with van der Waals surface area (Å²) in [7, 11) is 0. The van der Waals surface area contributed by atoms with Gasteiger partial charge in [0.05, 0.1) is 5.60 Å². The lowest BCUT2D eigenvalue weighted by atomic mass is 9.75. The van der Waals surface area contributed by atoms with Gasteiger partial charge >= 0.3 is 0 Å². The van der Waals surface area contributed by atoms with Crippen LogP contribution in [0.5, 0.6) is 0 Å². The number of hydrogen-bond acceptors (Lipinski definition) is 1. The highest BCUT2D eigenvalue weighted by molar-refractivity contribution is 9.10. The van der Waals surface area contributed by atoms with E-state index in [-0.39, 0.29) is 0 Å². The van der Waals surface area contributed by atoms with Gasteiger partial charge in [0, 0.05) is 4.47 Å². The van der Waals surface area contributed by atoms with Gasteiger partial charge in [0.1, 0.15) is 0 Å². The number of aryl methyl sites for hydroxylation is 1. The molecule has 0 atom stereocenters. The van der Waals surface area contributed by atoms with Crippen molar-refractivity contribution in [2.45, 2.75) is 31.8 Å². The van der Waals surface area contributed by atoms with E-state index in [2.05, 4.69) is 28.9 Å². The molecule has 0 unspecified atom stereocenters. The van der Waals surface area contributed by atoms with Crippen molar-refractivity contribution in [3.63, 3.8) is 0 Å². The molecule has 0 amide bonds. The molecule has 0 bridgehead atoms. The zero-order valence-electron chi connectivity index (χ0n) is 7.68. The Morgan fingerprint density at radius 3 is 2.54 bits per heavy atom. The Hall–Kier alpha value is -0.340. The van der Waals surface area contributed by atoms with Gasteiger partial charge in [-0.3, -0.25) is 0 Å². The molecule has 0 spiro atoms. The zero-order chi connectivity index (χ0) is 9.47. The van der Waals surface area contributed by atoms with Gasteiger partial charge in [0.2, 0.25) is 0 Å². The molecule has 1 fully saturated rings. The molecular weight excluding hydrogens is 228 g/mol. The predicted octanol–water partition coefficient (Wildman–Crippen LogP) is 3.13. The summed E-state index contributed by atoms with van der Waals surface area (Å²) < 4.78 is 1.11. The molecule has 1 N–H and O–H groups in total. The summed E-state index contributed by atoms with van der Waals surface area (Å²) in [5, 5.41) is 10.1. The molecule has 0 radical (unpaired) electrons. The molecule has 1 aliphatic carbocycles. The van der Waals surface area contributed by atoms with Crippen LogP contribution in [0.1, 0.15) is 30.4 Å². The van der Waals surface area contributed by atoms with Gasteiger partial charge in [-0.25, -0.2) is 0 Å². The van der Waals surface area contributed by atoms with Crippen LogP contribution in [0.15, 0.2) is 22.7 Å². The second-order valence-electron chi connectivity index (χ2n) is 3.85. The number of hydrogen-bond donors (Lipinski definition) is 1. The van der Waals surface area contributed by atoms with Crippen LogP contribution in [0.3, 0.4) is 0 Å². The molecule has 0 aliphatic heterocycles. The van der Waals surface area contributed by atoms with Crippen LogP contribution in [0.4, 0.5) is 0 Å². The Balaban J connectivity index is 2.36. The Morgan fingerprint density at radius 2 is 2.08 bits per heavy atom. The van der Waals surface area contributed by atoms with Crippen molar-refractivity contribution in [1.82, 2.24) is 0 Å². The third-order valence-electron chi connectivity index (χ3n) is 2.88. The molecule has 1 aromatic rings. The van der Waals surface area contributed by atoms with Crippen LogP contribution in [0.2, 0.25) is 0 Å². The van der Waals surface area contributed by atoms with E-state index in [9.17, 15) is 5.11 Å². The molecule has 0 aromatic heterocycles. The lowest BCUT2D eigenvalue weighted by Gasteiger charge is -2.37. The number of rotatable bonds is 1. The fraction of sp³-hybridized carbons (Fsp3) is 0.455. The molecule has 0 heterocycles. The lowest BCUT2D eigenvalue weighted by Crippen LogP contribution is -2.33. The monoisotopic (exact) mass is 240 g/mol. The molecule has 70 valence electrons. The van der Waals surface area contributed by atoms with Gasteiger partial charge < -0.3 is 5.11 Å². The second-order valence-corrected chi connectivity index (χ2v) is 4.70. The Morgan fingerprint density at radius 1 is 1.38 bits per heavy atom. The molecule has 1 nitrogen and oxygen atoms in total. The summed E-state index contributed by atoms with van der Waals surface area (Å²) in [6.45, 7) is 2.05. The lowest BCUT2D eigenvalue weighted by molar-refractivity contribution is -0.0388. The normalized spacial score (nSPS) is 19.6. The molecular formula is C11H13BrO. The molecule has 1 saturated carbocycles. The van der Waals surface area contributed by atoms with E-state index in [1.54, 1.807) is 0 Å². The second kappa shape index (κ2) is 3.10. The van der Waals surface area contributed by atoms with E-state index in [0.717, 1.165) is 29.3 Å². The van der Waals surface area contributed by atoms with Gasteiger partial charge in [-0.15, -0.1) is 0 Å². The molecule has 1 aliphatic rings. The van der Waals surface area contributed by atoms with Crippen molar-refractivity contribution in [2.75, 3.05) is 0 Å². The Labute approximate surface area is 86.9 Å². The molecule has 2 rings (SSSR count). The Kier molecular flexibility index (Phi) is 2.20. The number of benzene rings is 1. The van der Waals surface area contributed by atoms with Crippen LogP contribution >= 0.6 is 15.9 Å². The topological polar surface area (TPSA) is 20.2 Å². The summed E-state index contributed by atoms with van der Waals surface area (Å²) >= 11 is 3.45. The maximum absolute atomic E-state index is 10.1. The third-order valence-corrected chi connectivity index (χ3v) is 3.77. The molecule has 13 heavy (non-hydrogen) atoms. The van der Waals surface area contributed by atoms with Crippen LogP contribution in [0, 0.1) is 6.92 Å². The van der Waals surface area contributed by atoms with Crippen molar-refractivity contribution < 1.29 is 5.11 Å². The van der Waals surface area contributed by atoms with Crippen LogP contribution < -0.4 is 0 Å². The Bertz CT molecular complexity index is 329. The highest BCUT2D eigenvalue weighted by Crippen LogP contribution is 2.41. The SMILES string of the molecule is Cc1cc(C2(O)CCC2)ccc1Br. The summed E-state index contributed by atoms with van der Waals surface area (Å²) in [5.41, 5.74) is 1.74. The minimum Gasteiger partial charge on any atom is -0.385 e. The van der Waals surface area contributed by atoms with Crippen molar-refractivity contribution >= 4 is 15.9 Å². The maximum atomic E-state index is 10.1. The van der Waals surface area contributed by atoms with Crippen molar-refractivity contribution in [1.29, 1.82) is 0 Å². The van der Waals surface area contributed by atoms with Crippen LogP contribution in [0.25, 0.3) is 0 Å². The van der Waals surface area contributed by atoms with E-state index in [4.69, 9.17) is 0 Å². The number of aliphatic hydroxyl groups is 1. The molecule has 2 heteroatoms. The zero-order valence-corrected chi connectivity index (χ0v) is 9.26. The molecule has 0 saturated heterocycles. The fourth-order valence-electron chi connectivity index (χ4n) is 1.73. The predicted molar refractivity (Wildman–Crippen MR) is 56.6 cm³/mol. The minimum atomic E-state index is -0.522. The first-order valence-electron chi connectivity index (χ1n) is 4.61. The highest BCUT2D eigenvalue weighted by atomic mass is 79.9. The quantitative estimate of drug-likeness (QED) is 0.800. The van der Waals surface area contributed by atoms with Crippen molar-refractivity contribution in [3.05, 3.63) is 33.8 Å². The largest absolute Gasteiger partial charge is 0.385 e. The average molecular weight is 241 g/mol. The van der Waals surface area contributed by atoms with Crippen molar-refractivity contribution in [3.8, 4) is 0 Å². The van der Waals surface area contributed by atoms with Crippen LogP contribution in [-0.2, 0) is 5.60 Å². The van der Waals surface area contributed by atoms with Crippen LogP contribution in [-0.4, -0.2) is 5.11 Å². The van der Waals surface area contributed by atoms with E-state index in [0.29, 0.717) is 0 Å². The standard InChI is InChI=1S/C11H13BrO/c1-8-7-9(3-4-10(8)12)11(13)5-2-6-11/h3-4,7,13H,2,5-6H2,1H3. The summed E-state index contributed by atoms with van der Waals surface area (Å²) in [6.07, 6.45) is 2.97. The van der Waals surface area contributed by atoms with E-state index in [1.165, 1.54) is 5.56 Å². The minimum absolute atomic E-state index is 0.522. The smallest absolute Gasteiger partial charge is 0.0896 e. The van der Waals surface area contributed by atoms with Gasteiger partial charge in [-0.1, -0.05) is 28.1 Å². The number of halogens is 1. The van der Waals surface area contributed by atoms with Gasteiger partial charge in [-0.05, 0) is 43.4 Å². The van der Waals surface area contributed by atoms with Crippen molar-refractivity contribution in [2.24, 2.45) is 0 Å². The summed E-state index contributed by atoms with van der Waals surface area (Å²) in [6, 6.07) is 6.10. The first-order chi connectivity index (χ1) is 6.12.